The number of hydrogen-bond donors (Lipinski definition) is 3. The molecule has 2 saturated heterocycles. The van der Waals surface area contributed by atoms with Gasteiger partial charge in [-0.3, -0.25) is 14.4 Å². The third kappa shape index (κ3) is 7.52. The maximum atomic E-state index is 14.3. The second kappa shape index (κ2) is 15.5. The monoisotopic (exact) mass is 672 g/mol. The lowest BCUT2D eigenvalue weighted by Gasteiger charge is -2.44. The Morgan fingerprint density at radius 3 is 2.42 bits per heavy atom. The molecule has 254 valence electrons. The number of anilines is 1. The summed E-state index contributed by atoms with van der Waals surface area (Å²) in [6.07, 6.45) is 1.91. The van der Waals surface area contributed by atoms with E-state index in [1.165, 1.54) is 5.56 Å². The number of hydrogen-bond acceptors (Lipinski definition) is 7. The average molecular weight is 673 g/mol. The molecule has 3 N–H and O–H groups in total. The number of para-hydroxylation sites is 1. The maximum Gasteiger partial charge on any atom is 0.250 e. The summed E-state index contributed by atoms with van der Waals surface area (Å²) in [6.45, 7) is 4.52. The van der Waals surface area contributed by atoms with Gasteiger partial charge in [0.1, 0.15) is 11.6 Å². The predicted molar refractivity (Wildman–Crippen MR) is 187 cm³/mol. The third-order valence-corrected chi connectivity index (χ3v) is 10.1. The van der Waals surface area contributed by atoms with Crippen LogP contribution >= 0.6 is 11.6 Å². The highest BCUT2D eigenvalue weighted by Crippen LogP contribution is 2.39. The van der Waals surface area contributed by atoms with Crippen LogP contribution in [0, 0.1) is 0 Å². The molecule has 3 aliphatic heterocycles. The first kappa shape index (κ1) is 33.9. The molecule has 0 unspecified atom stereocenters. The van der Waals surface area contributed by atoms with E-state index in [0.717, 1.165) is 23.4 Å². The van der Waals surface area contributed by atoms with Crippen LogP contribution in [0.25, 0.3) is 0 Å². The molecule has 3 aromatic rings. The Labute approximate surface area is 287 Å². The topological polar surface area (TPSA) is 106 Å². The summed E-state index contributed by atoms with van der Waals surface area (Å²) in [5, 5.41) is 10.4. The van der Waals surface area contributed by atoms with Crippen molar-refractivity contribution in [1.29, 1.82) is 0 Å². The van der Waals surface area contributed by atoms with E-state index < -0.39 is 17.6 Å². The Balaban J connectivity index is 1.16. The van der Waals surface area contributed by atoms with Crippen LogP contribution in [0.4, 0.5) is 5.69 Å². The molecule has 10 nitrogen and oxygen atoms in total. The van der Waals surface area contributed by atoms with Gasteiger partial charge in [0.05, 0.1) is 19.3 Å². The first-order valence-corrected chi connectivity index (χ1v) is 17.2. The van der Waals surface area contributed by atoms with Crippen LogP contribution in [-0.2, 0) is 38.5 Å². The molecule has 0 radical (unpaired) electrons. The van der Waals surface area contributed by atoms with Crippen molar-refractivity contribution < 1.29 is 19.1 Å². The molecular weight excluding hydrogens is 628 g/mol. The Bertz CT molecular complexity index is 1560. The van der Waals surface area contributed by atoms with Gasteiger partial charge in [-0.05, 0) is 60.2 Å². The zero-order valence-electron chi connectivity index (χ0n) is 27.5. The van der Waals surface area contributed by atoms with E-state index >= 15 is 0 Å². The highest BCUT2D eigenvalue weighted by atomic mass is 35.5. The van der Waals surface area contributed by atoms with Crippen LogP contribution in [0.1, 0.15) is 29.5 Å². The standard InChI is InChI=1S/C37H45ClN6O4/c1-48-22-18-39-17-21-43-26-44(31-9-3-2-4-10-31)37(36(43)47)15-19-42(20-16-37)35(46)33(23-27-11-13-30(38)14-12-27)41-34(45)32-24-28-7-5-6-8-29(28)25-40-32/h2-14,32-33,39-40H,15-26H2,1H3,(H,41,45)/t32-,33-/m1/s1. The van der Waals surface area contributed by atoms with Gasteiger partial charge < -0.3 is 35.4 Å². The van der Waals surface area contributed by atoms with Gasteiger partial charge in [-0.1, -0.05) is 66.2 Å². The number of benzene rings is 3. The van der Waals surface area contributed by atoms with Crippen molar-refractivity contribution in [2.45, 2.75) is 49.9 Å². The van der Waals surface area contributed by atoms with Crippen LogP contribution in [0.5, 0.6) is 0 Å². The smallest absolute Gasteiger partial charge is 0.250 e. The number of piperidine rings is 1. The van der Waals surface area contributed by atoms with Crippen molar-refractivity contribution in [3.8, 4) is 0 Å². The average Bonchev–Trinajstić information content (AvgIpc) is 3.38. The number of amides is 3. The number of carbonyl (C=O) groups excluding carboxylic acids is 3. The van der Waals surface area contributed by atoms with E-state index in [9.17, 15) is 14.4 Å². The van der Waals surface area contributed by atoms with Crippen molar-refractivity contribution in [2.24, 2.45) is 0 Å². The number of carbonyl (C=O) groups is 3. The molecule has 3 amide bonds. The largest absolute Gasteiger partial charge is 0.383 e. The van der Waals surface area contributed by atoms with Gasteiger partial charge in [-0.2, -0.15) is 0 Å². The molecule has 3 aromatic carbocycles. The highest BCUT2D eigenvalue weighted by Gasteiger charge is 2.54. The second-order valence-electron chi connectivity index (χ2n) is 12.9. The fraction of sp³-hybridized carbons (Fsp3) is 0.432. The maximum absolute atomic E-state index is 14.3. The van der Waals surface area contributed by atoms with E-state index in [0.29, 0.717) is 76.7 Å². The number of likely N-dealkylation sites (tertiary alicyclic amines) is 1. The number of nitrogens with one attached hydrogen (secondary N) is 3. The lowest BCUT2D eigenvalue weighted by molar-refractivity contribution is -0.141. The Hall–Kier alpha value is -3.96. The number of fused-ring (bicyclic) bond motifs is 1. The number of rotatable bonds is 12. The molecule has 0 bridgehead atoms. The minimum atomic E-state index is -0.758. The summed E-state index contributed by atoms with van der Waals surface area (Å²) < 4.78 is 5.13. The summed E-state index contributed by atoms with van der Waals surface area (Å²) in [4.78, 5) is 48.0. The van der Waals surface area contributed by atoms with Gasteiger partial charge in [-0.25, -0.2) is 0 Å². The van der Waals surface area contributed by atoms with Crippen LogP contribution < -0.4 is 20.9 Å². The van der Waals surface area contributed by atoms with Crippen molar-refractivity contribution in [3.63, 3.8) is 0 Å². The van der Waals surface area contributed by atoms with Gasteiger partial charge >= 0.3 is 0 Å². The molecular formula is C37H45ClN6O4. The van der Waals surface area contributed by atoms with E-state index in [4.69, 9.17) is 16.3 Å². The molecule has 0 saturated carbocycles. The Kier molecular flexibility index (Phi) is 11.0. The summed E-state index contributed by atoms with van der Waals surface area (Å²) >= 11 is 6.15. The van der Waals surface area contributed by atoms with Crippen molar-refractivity contribution in [2.75, 3.05) is 58.0 Å². The van der Waals surface area contributed by atoms with Crippen LogP contribution in [0.2, 0.25) is 5.02 Å². The predicted octanol–water partition coefficient (Wildman–Crippen LogP) is 2.99. The Morgan fingerprint density at radius 2 is 1.69 bits per heavy atom. The van der Waals surface area contributed by atoms with Gasteiger partial charge in [0.25, 0.3) is 0 Å². The first-order chi connectivity index (χ1) is 23.4. The highest BCUT2D eigenvalue weighted by molar-refractivity contribution is 6.30. The minimum absolute atomic E-state index is 0.0988. The van der Waals surface area contributed by atoms with Crippen LogP contribution in [-0.4, -0.2) is 98.3 Å². The lowest BCUT2D eigenvalue weighted by Crippen LogP contribution is -2.60. The quantitative estimate of drug-likeness (QED) is 0.254. The van der Waals surface area contributed by atoms with Crippen LogP contribution in [0.3, 0.4) is 0 Å². The SMILES string of the molecule is COCCNCCN1CN(c2ccccc2)C2(CCN(C(=O)[C@@H](Cc3ccc(Cl)cc3)NC(=O)[C@H]3Cc4ccccc4CN3)CC2)C1=O. The molecule has 11 heteroatoms. The minimum Gasteiger partial charge on any atom is -0.383 e. The number of ether oxygens (including phenoxy) is 1. The third-order valence-electron chi connectivity index (χ3n) is 9.89. The van der Waals surface area contributed by atoms with E-state index in [1.807, 2.05) is 64.4 Å². The van der Waals surface area contributed by atoms with Gasteiger partial charge in [-0.15, -0.1) is 0 Å². The van der Waals surface area contributed by atoms with E-state index in [1.54, 1.807) is 19.2 Å². The molecule has 0 aliphatic carbocycles. The Morgan fingerprint density at radius 1 is 0.979 bits per heavy atom. The summed E-state index contributed by atoms with van der Waals surface area (Å²) in [5.41, 5.74) is 3.49. The van der Waals surface area contributed by atoms with Crippen molar-refractivity contribution in [3.05, 3.63) is 101 Å². The molecule has 3 aliphatic rings. The molecule has 48 heavy (non-hydrogen) atoms. The van der Waals surface area contributed by atoms with Gasteiger partial charge in [0.15, 0.2) is 0 Å². The van der Waals surface area contributed by atoms with Crippen molar-refractivity contribution >= 4 is 35.0 Å². The van der Waals surface area contributed by atoms with Gasteiger partial charge in [0, 0.05) is 63.5 Å². The number of methoxy groups -OCH3 is 1. The molecule has 6 rings (SSSR count). The molecule has 2 atom stereocenters. The van der Waals surface area contributed by atoms with Crippen LogP contribution in [0.15, 0.2) is 78.9 Å². The number of halogens is 1. The molecule has 1 spiro atoms. The summed E-state index contributed by atoms with van der Waals surface area (Å²) in [6, 6.07) is 24.3. The normalized spacial score (nSPS) is 19.3. The molecule has 2 fully saturated rings. The van der Waals surface area contributed by atoms with Crippen molar-refractivity contribution in [1.82, 2.24) is 25.8 Å². The lowest BCUT2D eigenvalue weighted by atomic mass is 9.85. The van der Waals surface area contributed by atoms with E-state index in [2.05, 4.69) is 33.0 Å². The fourth-order valence-electron chi connectivity index (χ4n) is 7.17. The molecule has 3 heterocycles. The second-order valence-corrected chi connectivity index (χ2v) is 13.3. The molecule has 0 aromatic heterocycles. The zero-order valence-corrected chi connectivity index (χ0v) is 28.3. The summed E-state index contributed by atoms with van der Waals surface area (Å²) in [5.74, 6) is -0.233. The first-order valence-electron chi connectivity index (χ1n) is 16.8. The fourth-order valence-corrected chi connectivity index (χ4v) is 7.30. The van der Waals surface area contributed by atoms with E-state index in [-0.39, 0.29) is 17.7 Å². The van der Waals surface area contributed by atoms with Gasteiger partial charge in [0.2, 0.25) is 17.7 Å². The number of nitrogens with zero attached hydrogens (tertiary/aromatic N) is 3. The summed E-state index contributed by atoms with van der Waals surface area (Å²) in [7, 11) is 1.67. The zero-order chi connectivity index (χ0) is 33.5.